The van der Waals surface area contributed by atoms with E-state index in [0.717, 1.165) is 11.1 Å². The van der Waals surface area contributed by atoms with Gasteiger partial charge in [0.25, 0.3) is 5.91 Å². The van der Waals surface area contributed by atoms with Crippen LogP contribution in [0.25, 0.3) is 11.3 Å². The van der Waals surface area contributed by atoms with Crippen LogP contribution in [0, 0.1) is 13.8 Å². The third-order valence-corrected chi connectivity index (χ3v) is 3.67. The Balaban J connectivity index is 1.65. The monoisotopic (exact) mass is 346 g/mol. The molecule has 1 N–H and O–H groups in total. The SMILES string of the molecule is Cc1ccc(-c2cc(CNC(=O)c3cc(C)n(C(F)F)n3)no2)cc1. The van der Waals surface area contributed by atoms with E-state index in [1.807, 2.05) is 31.2 Å². The molecule has 1 aromatic carbocycles. The second-order valence-electron chi connectivity index (χ2n) is 5.62. The van der Waals surface area contributed by atoms with Gasteiger partial charge in [0.2, 0.25) is 0 Å². The smallest absolute Gasteiger partial charge is 0.333 e. The second-order valence-corrected chi connectivity index (χ2v) is 5.62. The minimum Gasteiger partial charge on any atom is -0.356 e. The Morgan fingerprint density at radius 2 is 1.96 bits per heavy atom. The van der Waals surface area contributed by atoms with Crippen LogP contribution in [-0.2, 0) is 6.54 Å². The van der Waals surface area contributed by atoms with Crippen molar-refractivity contribution in [1.82, 2.24) is 20.3 Å². The molecule has 2 heterocycles. The van der Waals surface area contributed by atoms with Crippen LogP contribution in [0.2, 0.25) is 0 Å². The lowest BCUT2D eigenvalue weighted by molar-refractivity contribution is 0.0538. The van der Waals surface area contributed by atoms with Crippen molar-refractivity contribution in [2.75, 3.05) is 0 Å². The molecule has 0 bridgehead atoms. The molecule has 0 aliphatic heterocycles. The van der Waals surface area contributed by atoms with Gasteiger partial charge in [-0.05, 0) is 19.9 Å². The summed E-state index contributed by atoms with van der Waals surface area (Å²) in [4.78, 5) is 12.0. The molecule has 6 nitrogen and oxygen atoms in total. The quantitative estimate of drug-likeness (QED) is 0.768. The predicted molar refractivity (Wildman–Crippen MR) is 86.1 cm³/mol. The number of benzene rings is 1. The summed E-state index contributed by atoms with van der Waals surface area (Å²) in [5.74, 6) is 0.0319. The number of hydrogen-bond donors (Lipinski definition) is 1. The van der Waals surface area contributed by atoms with Gasteiger partial charge in [-0.25, -0.2) is 4.68 Å². The zero-order chi connectivity index (χ0) is 18.0. The molecule has 0 unspecified atom stereocenters. The highest BCUT2D eigenvalue weighted by atomic mass is 19.3. The molecular weight excluding hydrogens is 330 g/mol. The molecule has 3 rings (SSSR count). The van der Waals surface area contributed by atoms with Crippen molar-refractivity contribution < 1.29 is 18.1 Å². The van der Waals surface area contributed by atoms with Gasteiger partial charge >= 0.3 is 6.55 Å². The van der Waals surface area contributed by atoms with Crippen LogP contribution in [0.1, 0.15) is 34.0 Å². The first-order valence-corrected chi connectivity index (χ1v) is 7.59. The first-order valence-electron chi connectivity index (χ1n) is 7.59. The number of nitrogens with zero attached hydrogens (tertiary/aromatic N) is 3. The molecule has 0 aliphatic rings. The summed E-state index contributed by atoms with van der Waals surface area (Å²) in [6.45, 7) is 0.771. The highest BCUT2D eigenvalue weighted by Crippen LogP contribution is 2.20. The fraction of sp³-hybridized carbons (Fsp3) is 0.235. The van der Waals surface area contributed by atoms with E-state index in [2.05, 4.69) is 15.6 Å². The van der Waals surface area contributed by atoms with Crippen molar-refractivity contribution in [1.29, 1.82) is 0 Å². The lowest BCUT2D eigenvalue weighted by atomic mass is 10.1. The van der Waals surface area contributed by atoms with Crippen LogP contribution in [-0.4, -0.2) is 20.8 Å². The van der Waals surface area contributed by atoms with Crippen molar-refractivity contribution in [2.45, 2.75) is 26.9 Å². The minimum absolute atomic E-state index is 0.0694. The van der Waals surface area contributed by atoms with E-state index in [9.17, 15) is 13.6 Å². The normalized spacial score (nSPS) is 11.1. The Labute approximate surface area is 142 Å². The van der Waals surface area contributed by atoms with Gasteiger partial charge in [-0.1, -0.05) is 35.0 Å². The lowest BCUT2D eigenvalue weighted by Crippen LogP contribution is -2.23. The third-order valence-electron chi connectivity index (χ3n) is 3.67. The first-order chi connectivity index (χ1) is 11.9. The maximum absolute atomic E-state index is 12.7. The fourth-order valence-electron chi connectivity index (χ4n) is 2.31. The molecule has 0 spiro atoms. The van der Waals surface area contributed by atoms with Crippen LogP contribution in [0.15, 0.2) is 40.9 Å². The second kappa shape index (κ2) is 6.84. The molecule has 25 heavy (non-hydrogen) atoms. The summed E-state index contributed by atoms with van der Waals surface area (Å²) in [6.07, 6.45) is 0. The number of nitrogens with one attached hydrogen (secondary N) is 1. The Morgan fingerprint density at radius 3 is 2.60 bits per heavy atom. The van der Waals surface area contributed by atoms with Crippen LogP contribution in [0.3, 0.4) is 0 Å². The number of rotatable bonds is 5. The molecular formula is C17H16F2N4O2. The van der Waals surface area contributed by atoms with Crippen molar-refractivity contribution >= 4 is 5.91 Å². The van der Waals surface area contributed by atoms with Crippen molar-refractivity contribution in [3.63, 3.8) is 0 Å². The van der Waals surface area contributed by atoms with Gasteiger partial charge < -0.3 is 9.84 Å². The minimum atomic E-state index is -2.78. The largest absolute Gasteiger partial charge is 0.356 e. The van der Waals surface area contributed by atoms with Crippen LogP contribution in [0.4, 0.5) is 8.78 Å². The van der Waals surface area contributed by atoms with E-state index in [1.165, 1.54) is 13.0 Å². The number of alkyl halides is 2. The van der Waals surface area contributed by atoms with E-state index in [-0.39, 0.29) is 17.9 Å². The van der Waals surface area contributed by atoms with Crippen LogP contribution in [0.5, 0.6) is 0 Å². The topological polar surface area (TPSA) is 73.0 Å². The van der Waals surface area contributed by atoms with Crippen molar-refractivity contribution in [2.24, 2.45) is 0 Å². The van der Waals surface area contributed by atoms with Gasteiger partial charge in [-0.3, -0.25) is 4.79 Å². The van der Waals surface area contributed by atoms with Gasteiger partial charge in [0, 0.05) is 17.3 Å². The average molecular weight is 346 g/mol. The number of amides is 1. The van der Waals surface area contributed by atoms with Gasteiger partial charge in [0.05, 0.1) is 6.54 Å². The summed E-state index contributed by atoms with van der Waals surface area (Å²) >= 11 is 0. The molecule has 0 radical (unpaired) electrons. The Bertz CT molecular complexity index is 884. The Morgan fingerprint density at radius 1 is 1.24 bits per heavy atom. The van der Waals surface area contributed by atoms with Gasteiger partial charge in [0.1, 0.15) is 5.69 Å². The highest BCUT2D eigenvalue weighted by molar-refractivity contribution is 5.92. The summed E-state index contributed by atoms with van der Waals surface area (Å²) in [7, 11) is 0. The highest BCUT2D eigenvalue weighted by Gasteiger charge is 2.17. The zero-order valence-corrected chi connectivity index (χ0v) is 13.7. The van der Waals surface area contributed by atoms with Crippen molar-refractivity contribution in [3.8, 4) is 11.3 Å². The molecule has 0 fully saturated rings. The molecule has 8 heteroatoms. The molecule has 0 saturated heterocycles. The third kappa shape index (κ3) is 3.73. The number of hydrogen-bond acceptors (Lipinski definition) is 4. The fourth-order valence-corrected chi connectivity index (χ4v) is 2.31. The van der Waals surface area contributed by atoms with E-state index in [1.54, 1.807) is 6.07 Å². The summed E-state index contributed by atoms with van der Waals surface area (Å²) < 4.78 is 31.1. The van der Waals surface area contributed by atoms with E-state index in [4.69, 9.17) is 4.52 Å². The number of aromatic nitrogens is 3. The number of halogens is 2. The average Bonchev–Trinajstić information content (AvgIpc) is 3.20. The maximum Gasteiger partial charge on any atom is 0.333 e. The molecule has 3 aromatic rings. The number of aryl methyl sites for hydroxylation is 2. The summed E-state index contributed by atoms with van der Waals surface area (Å²) in [5.41, 5.74) is 2.67. The zero-order valence-electron chi connectivity index (χ0n) is 13.7. The maximum atomic E-state index is 12.7. The molecule has 130 valence electrons. The molecule has 1 amide bonds. The molecule has 2 aromatic heterocycles. The van der Waals surface area contributed by atoms with Gasteiger partial charge in [-0.2, -0.15) is 13.9 Å². The lowest BCUT2D eigenvalue weighted by Gasteiger charge is -2.01. The summed E-state index contributed by atoms with van der Waals surface area (Å²) in [6, 6.07) is 10.8. The number of carbonyl (C=O) groups excluding carboxylic acids is 1. The molecule has 0 aliphatic carbocycles. The first kappa shape index (κ1) is 16.8. The Kier molecular flexibility index (Phi) is 4.60. The number of carbonyl (C=O) groups is 1. The Hall–Kier alpha value is -3.03. The summed E-state index contributed by atoms with van der Waals surface area (Å²) in [5, 5.41) is 10.1. The predicted octanol–water partition coefficient (Wildman–Crippen LogP) is 3.48. The van der Waals surface area contributed by atoms with Gasteiger partial charge in [0.15, 0.2) is 11.5 Å². The standard InChI is InChI=1S/C17H16F2N4O2/c1-10-3-5-12(6-4-10)15-8-13(22-25-15)9-20-16(24)14-7-11(2)23(21-14)17(18)19/h3-8,17H,9H2,1-2H3,(H,20,24). The van der Waals surface area contributed by atoms with Gasteiger partial charge in [-0.15, -0.1) is 0 Å². The van der Waals surface area contributed by atoms with E-state index in [0.29, 0.717) is 16.1 Å². The molecule has 0 atom stereocenters. The van der Waals surface area contributed by atoms with E-state index < -0.39 is 12.5 Å². The van der Waals surface area contributed by atoms with E-state index >= 15 is 0 Å². The molecule has 0 saturated carbocycles. The van der Waals surface area contributed by atoms with Crippen LogP contribution < -0.4 is 5.32 Å². The van der Waals surface area contributed by atoms with Crippen molar-refractivity contribution in [3.05, 3.63) is 59.0 Å². The van der Waals surface area contributed by atoms with Crippen LogP contribution >= 0.6 is 0 Å².